The van der Waals surface area contributed by atoms with Crippen LogP contribution in [0.4, 0.5) is 0 Å². The van der Waals surface area contributed by atoms with Crippen molar-refractivity contribution in [3.05, 3.63) is 0 Å². The summed E-state index contributed by atoms with van der Waals surface area (Å²) in [6, 6.07) is 0.366. The number of nitrogens with one attached hydrogen (secondary N) is 2. The molecule has 2 amide bonds. The predicted octanol–water partition coefficient (Wildman–Crippen LogP) is 1.31. The first-order chi connectivity index (χ1) is 10.6. The Hall–Kier alpha value is -1.10. The van der Waals surface area contributed by atoms with Crippen molar-refractivity contribution >= 4 is 11.8 Å². The second kappa shape index (κ2) is 6.99. The molecule has 3 rings (SSSR count). The van der Waals surface area contributed by atoms with Crippen LogP contribution >= 0.6 is 0 Å². The summed E-state index contributed by atoms with van der Waals surface area (Å²) in [4.78, 5) is 24.2. The van der Waals surface area contributed by atoms with Crippen molar-refractivity contribution in [1.29, 1.82) is 0 Å². The maximum atomic E-state index is 12.3. The van der Waals surface area contributed by atoms with E-state index in [1.165, 1.54) is 25.7 Å². The minimum Gasteiger partial charge on any atom is -0.355 e. The van der Waals surface area contributed by atoms with Crippen LogP contribution in [0.5, 0.6) is 0 Å². The van der Waals surface area contributed by atoms with Crippen molar-refractivity contribution in [3.8, 4) is 0 Å². The second-order valence-corrected chi connectivity index (χ2v) is 7.38. The monoisotopic (exact) mass is 307 g/mol. The van der Waals surface area contributed by atoms with Gasteiger partial charge < -0.3 is 16.4 Å². The molecule has 3 saturated carbocycles. The van der Waals surface area contributed by atoms with Gasteiger partial charge in [0.1, 0.15) is 0 Å². The van der Waals surface area contributed by atoms with Crippen LogP contribution < -0.4 is 16.4 Å². The van der Waals surface area contributed by atoms with Crippen LogP contribution in [0.15, 0.2) is 0 Å². The Morgan fingerprint density at radius 3 is 2.41 bits per heavy atom. The van der Waals surface area contributed by atoms with Crippen molar-refractivity contribution in [2.45, 2.75) is 69.9 Å². The summed E-state index contributed by atoms with van der Waals surface area (Å²) in [6.45, 7) is 0.429. The summed E-state index contributed by atoms with van der Waals surface area (Å²) in [5.74, 6) is 1.10. The third-order valence-corrected chi connectivity index (χ3v) is 5.90. The number of amides is 2. The molecule has 0 aromatic carbocycles. The molecule has 3 fully saturated rings. The van der Waals surface area contributed by atoms with Gasteiger partial charge in [-0.3, -0.25) is 9.59 Å². The molecular weight excluding hydrogens is 278 g/mol. The van der Waals surface area contributed by atoms with E-state index in [9.17, 15) is 9.59 Å². The van der Waals surface area contributed by atoms with E-state index in [0.29, 0.717) is 30.8 Å². The van der Waals surface area contributed by atoms with Crippen molar-refractivity contribution in [3.63, 3.8) is 0 Å². The molecule has 2 bridgehead atoms. The van der Waals surface area contributed by atoms with Gasteiger partial charge in [0.05, 0.1) is 5.92 Å². The molecule has 0 aliphatic heterocycles. The average Bonchev–Trinajstić information content (AvgIpc) is 3.09. The van der Waals surface area contributed by atoms with Crippen LogP contribution in [0.1, 0.15) is 57.8 Å². The molecule has 5 nitrogen and oxygen atoms in total. The van der Waals surface area contributed by atoms with Crippen molar-refractivity contribution < 1.29 is 9.59 Å². The van der Waals surface area contributed by atoms with E-state index in [4.69, 9.17) is 5.73 Å². The molecule has 4 unspecified atom stereocenters. The SMILES string of the molecule is NC1C2CCC(C2)C1C(=O)NCCC(=O)NC1CCCCC1. The predicted molar refractivity (Wildman–Crippen MR) is 84.9 cm³/mol. The smallest absolute Gasteiger partial charge is 0.224 e. The van der Waals surface area contributed by atoms with Gasteiger partial charge in [-0.1, -0.05) is 19.3 Å². The molecule has 0 aromatic rings. The fourth-order valence-corrected chi connectivity index (χ4v) is 4.69. The highest BCUT2D eigenvalue weighted by atomic mass is 16.2. The first-order valence-electron chi connectivity index (χ1n) is 8.98. The number of rotatable bonds is 5. The molecule has 0 heterocycles. The van der Waals surface area contributed by atoms with Crippen LogP contribution in [0, 0.1) is 17.8 Å². The van der Waals surface area contributed by atoms with E-state index in [1.807, 2.05) is 0 Å². The number of carbonyl (C=O) groups excluding carboxylic acids is 2. The van der Waals surface area contributed by atoms with Crippen LogP contribution in [0.25, 0.3) is 0 Å². The fourth-order valence-electron chi connectivity index (χ4n) is 4.69. The van der Waals surface area contributed by atoms with E-state index in [-0.39, 0.29) is 23.8 Å². The van der Waals surface area contributed by atoms with Gasteiger partial charge in [-0.2, -0.15) is 0 Å². The summed E-state index contributed by atoms with van der Waals surface area (Å²) in [5.41, 5.74) is 6.18. The lowest BCUT2D eigenvalue weighted by Crippen LogP contribution is -2.46. The van der Waals surface area contributed by atoms with Gasteiger partial charge in [0.15, 0.2) is 0 Å². The molecule has 0 spiro atoms. The summed E-state index contributed by atoms with van der Waals surface area (Å²) in [6.07, 6.45) is 9.70. The van der Waals surface area contributed by atoms with E-state index in [2.05, 4.69) is 10.6 Å². The minimum absolute atomic E-state index is 0.0230. The Kier molecular flexibility index (Phi) is 5.01. The highest BCUT2D eigenvalue weighted by molar-refractivity contribution is 5.81. The summed E-state index contributed by atoms with van der Waals surface area (Å²) in [5, 5.41) is 6.01. The van der Waals surface area contributed by atoms with Crippen LogP contribution in [-0.2, 0) is 9.59 Å². The maximum absolute atomic E-state index is 12.3. The van der Waals surface area contributed by atoms with E-state index >= 15 is 0 Å². The molecule has 0 radical (unpaired) electrons. The lowest BCUT2D eigenvalue weighted by Gasteiger charge is -2.27. The zero-order valence-electron chi connectivity index (χ0n) is 13.4. The molecule has 3 aliphatic rings. The third kappa shape index (κ3) is 3.45. The van der Waals surface area contributed by atoms with E-state index in [1.54, 1.807) is 0 Å². The van der Waals surface area contributed by atoms with E-state index < -0.39 is 0 Å². The molecule has 124 valence electrons. The van der Waals surface area contributed by atoms with Gasteiger partial charge in [0.2, 0.25) is 11.8 Å². The highest BCUT2D eigenvalue weighted by Gasteiger charge is 2.48. The van der Waals surface area contributed by atoms with Crippen LogP contribution in [-0.4, -0.2) is 30.4 Å². The molecule has 0 aromatic heterocycles. The Morgan fingerprint density at radius 1 is 1.00 bits per heavy atom. The Balaban J connectivity index is 1.36. The second-order valence-electron chi connectivity index (χ2n) is 7.38. The minimum atomic E-state index is -0.0276. The van der Waals surface area contributed by atoms with Crippen molar-refractivity contribution in [1.82, 2.24) is 10.6 Å². The first kappa shape index (κ1) is 15.8. The van der Waals surface area contributed by atoms with Crippen LogP contribution in [0.3, 0.4) is 0 Å². The van der Waals surface area contributed by atoms with Gasteiger partial charge in [-0.15, -0.1) is 0 Å². The lowest BCUT2D eigenvalue weighted by atomic mass is 9.84. The quantitative estimate of drug-likeness (QED) is 0.716. The van der Waals surface area contributed by atoms with Gasteiger partial charge in [0, 0.05) is 25.0 Å². The lowest BCUT2D eigenvalue weighted by molar-refractivity contribution is -0.127. The average molecular weight is 307 g/mol. The van der Waals surface area contributed by atoms with Gasteiger partial charge in [-0.05, 0) is 43.9 Å². The molecule has 4 N–H and O–H groups in total. The number of fused-ring (bicyclic) bond motifs is 2. The zero-order chi connectivity index (χ0) is 15.5. The molecular formula is C17H29N3O2. The maximum Gasteiger partial charge on any atom is 0.224 e. The fraction of sp³-hybridized carbons (Fsp3) is 0.882. The largest absolute Gasteiger partial charge is 0.355 e. The normalized spacial score (nSPS) is 34.6. The topological polar surface area (TPSA) is 84.2 Å². The molecule has 4 atom stereocenters. The standard InChI is InChI=1S/C17H29N3O2/c18-16-12-7-6-11(10-12)15(16)17(22)19-9-8-14(21)20-13-4-2-1-3-5-13/h11-13,15-16H,1-10,18H2,(H,19,22)(H,20,21). The van der Waals surface area contributed by atoms with Crippen molar-refractivity contribution in [2.75, 3.05) is 6.54 Å². The summed E-state index contributed by atoms with van der Waals surface area (Å²) < 4.78 is 0. The van der Waals surface area contributed by atoms with Gasteiger partial charge >= 0.3 is 0 Å². The van der Waals surface area contributed by atoms with Gasteiger partial charge in [-0.25, -0.2) is 0 Å². The molecule has 3 aliphatic carbocycles. The number of hydrogen-bond donors (Lipinski definition) is 3. The summed E-state index contributed by atoms with van der Waals surface area (Å²) in [7, 11) is 0. The number of carbonyl (C=O) groups is 2. The first-order valence-corrected chi connectivity index (χ1v) is 8.98. The molecule has 22 heavy (non-hydrogen) atoms. The zero-order valence-corrected chi connectivity index (χ0v) is 13.4. The summed E-state index contributed by atoms with van der Waals surface area (Å²) >= 11 is 0. The molecule has 5 heteroatoms. The Labute approximate surface area is 132 Å². The Bertz CT molecular complexity index is 418. The van der Waals surface area contributed by atoms with Gasteiger partial charge in [0.25, 0.3) is 0 Å². The van der Waals surface area contributed by atoms with E-state index in [0.717, 1.165) is 25.7 Å². The van der Waals surface area contributed by atoms with Crippen LogP contribution in [0.2, 0.25) is 0 Å². The number of hydrogen-bond acceptors (Lipinski definition) is 3. The highest BCUT2D eigenvalue weighted by Crippen LogP contribution is 2.47. The van der Waals surface area contributed by atoms with Crippen molar-refractivity contribution in [2.24, 2.45) is 23.5 Å². The third-order valence-electron chi connectivity index (χ3n) is 5.90. The Morgan fingerprint density at radius 2 is 1.73 bits per heavy atom. The molecule has 0 saturated heterocycles. The number of nitrogens with two attached hydrogens (primary N) is 1.